The zero-order valence-corrected chi connectivity index (χ0v) is 13.5. The second-order valence-electron chi connectivity index (χ2n) is 4.86. The summed E-state index contributed by atoms with van der Waals surface area (Å²) in [4.78, 5) is 4.15. The highest BCUT2D eigenvalue weighted by Gasteiger charge is 2.12. The van der Waals surface area contributed by atoms with Crippen LogP contribution in [0.4, 0.5) is 0 Å². The number of imidazole rings is 1. The summed E-state index contributed by atoms with van der Waals surface area (Å²) in [6.45, 7) is 7.64. The van der Waals surface area contributed by atoms with Crippen molar-refractivity contribution in [2.75, 3.05) is 25.9 Å². The number of nitrogens with zero attached hydrogens (tertiary/aromatic N) is 3. The van der Waals surface area contributed by atoms with Crippen molar-refractivity contribution in [2.24, 2.45) is 0 Å². The Bertz CT molecular complexity index is 484. The fourth-order valence-electron chi connectivity index (χ4n) is 2.09. The molecule has 0 unspecified atom stereocenters. The van der Waals surface area contributed by atoms with Crippen molar-refractivity contribution in [2.45, 2.75) is 39.8 Å². The van der Waals surface area contributed by atoms with Crippen LogP contribution >= 0.6 is 0 Å². The predicted molar refractivity (Wildman–Crippen MR) is 80.9 cm³/mol. The van der Waals surface area contributed by atoms with Gasteiger partial charge in [0.2, 0.25) is 10.0 Å². The predicted octanol–water partition coefficient (Wildman–Crippen LogP) is 1.05. The summed E-state index contributed by atoms with van der Waals surface area (Å²) in [6.07, 6.45) is 6.87. The van der Waals surface area contributed by atoms with Crippen molar-refractivity contribution >= 4 is 10.0 Å². The molecular weight excluding hydrogens is 276 g/mol. The van der Waals surface area contributed by atoms with Crippen LogP contribution in [0.5, 0.6) is 0 Å². The number of sulfonamides is 1. The number of aryl methyl sites for hydroxylation is 1. The van der Waals surface area contributed by atoms with Crippen LogP contribution in [0.2, 0.25) is 0 Å². The molecule has 0 aromatic carbocycles. The third kappa shape index (κ3) is 5.60. The molecule has 0 saturated carbocycles. The highest BCUT2D eigenvalue weighted by Crippen LogP contribution is 2.01. The van der Waals surface area contributed by atoms with Crippen LogP contribution in [-0.2, 0) is 23.1 Å². The van der Waals surface area contributed by atoms with E-state index in [0.717, 1.165) is 32.5 Å². The Morgan fingerprint density at radius 2 is 2.15 bits per heavy atom. The first-order valence-electron chi connectivity index (χ1n) is 7.13. The molecule has 0 aliphatic heterocycles. The van der Waals surface area contributed by atoms with E-state index in [9.17, 15) is 8.42 Å². The molecule has 0 amide bonds. The maximum Gasteiger partial charge on any atom is 0.211 e. The number of hydrogen-bond acceptors (Lipinski definition) is 4. The van der Waals surface area contributed by atoms with E-state index in [1.54, 1.807) is 0 Å². The van der Waals surface area contributed by atoms with Crippen LogP contribution in [0.1, 0.15) is 32.4 Å². The summed E-state index contributed by atoms with van der Waals surface area (Å²) in [6, 6.07) is 0. The van der Waals surface area contributed by atoms with Crippen molar-refractivity contribution < 1.29 is 8.42 Å². The average Bonchev–Trinajstić information content (AvgIpc) is 2.80. The Balaban J connectivity index is 2.26. The smallest absolute Gasteiger partial charge is 0.211 e. The van der Waals surface area contributed by atoms with Gasteiger partial charge in [-0.3, -0.25) is 0 Å². The van der Waals surface area contributed by atoms with Gasteiger partial charge < -0.3 is 9.88 Å². The molecule has 1 heterocycles. The van der Waals surface area contributed by atoms with E-state index in [0.29, 0.717) is 13.1 Å². The Morgan fingerprint density at radius 3 is 2.75 bits per heavy atom. The first-order valence-corrected chi connectivity index (χ1v) is 8.98. The van der Waals surface area contributed by atoms with Gasteiger partial charge in [-0.15, -0.1) is 0 Å². The zero-order valence-electron chi connectivity index (χ0n) is 12.7. The minimum Gasteiger partial charge on any atom is -0.333 e. The Kier molecular flexibility index (Phi) is 7.18. The standard InChI is InChI=1S/C13H26N4O2S/c1-4-8-16-12-15-11-13(16)10-14-7-6-9-17(5-2)20(3,18)19/h11-12,14H,4-10H2,1-3H3. The van der Waals surface area contributed by atoms with Crippen molar-refractivity contribution in [1.29, 1.82) is 0 Å². The lowest BCUT2D eigenvalue weighted by molar-refractivity contribution is 0.418. The van der Waals surface area contributed by atoms with Gasteiger partial charge in [0.15, 0.2) is 0 Å². The van der Waals surface area contributed by atoms with Gasteiger partial charge in [-0.1, -0.05) is 13.8 Å². The van der Waals surface area contributed by atoms with Crippen LogP contribution in [0.3, 0.4) is 0 Å². The highest BCUT2D eigenvalue weighted by molar-refractivity contribution is 7.88. The van der Waals surface area contributed by atoms with Crippen LogP contribution in [0.25, 0.3) is 0 Å². The van der Waals surface area contributed by atoms with Gasteiger partial charge in [0.05, 0.1) is 18.3 Å². The fourth-order valence-corrected chi connectivity index (χ4v) is 3.02. The Labute approximate surface area is 122 Å². The molecule has 20 heavy (non-hydrogen) atoms. The molecule has 0 fully saturated rings. The molecule has 116 valence electrons. The highest BCUT2D eigenvalue weighted by atomic mass is 32.2. The van der Waals surface area contributed by atoms with E-state index < -0.39 is 10.0 Å². The molecular formula is C13H26N4O2S. The molecule has 1 aromatic heterocycles. The molecule has 0 aliphatic rings. The summed E-state index contributed by atoms with van der Waals surface area (Å²) < 4.78 is 26.5. The van der Waals surface area contributed by atoms with Crippen LogP contribution in [-0.4, -0.2) is 48.2 Å². The largest absolute Gasteiger partial charge is 0.333 e. The molecule has 6 nitrogen and oxygen atoms in total. The topological polar surface area (TPSA) is 67.2 Å². The quantitative estimate of drug-likeness (QED) is 0.656. The van der Waals surface area contributed by atoms with Gasteiger partial charge in [0.1, 0.15) is 0 Å². The van der Waals surface area contributed by atoms with Gasteiger partial charge in [0.25, 0.3) is 0 Å². The van der Waals surface area contributed by atoms with E-state index in [-0.39, 0.29) is 0 Å². The fraction of sp³-hybridized carbons (Fsp3) is 0.769. The third-order valence-electron chi connectivity index (χ3n) is 3.15. The van der Waals surface area contributed by atoms with Crippen molar-refractivity contribution in [3.05, 3.63) is 18.2 Å². The summed E-state index contributed by atoms with van der Waals surface area (Å²) in [5.41, 5.74) is 1.17. The summed E-state index contributed by atoms with van der Waals surface area (Å²) in [5.74, 6) is 0. The molecule has 1 rings (SSSR count). The number of hydrogen-bond donors (Lipinski definition) is 1. The molecule has 0 radical (unpaired) electrons. The SMILES string of the molecule is CCCn1cncc1CNCCCN(CC)S(C)(=O)=O. The van der Waals surface area contributed by atoms with Gasteiger partial charge in [-0.25, -0.2) is 17.7 Å². The Hall–Kier alpha value is -0.920. The van der Waals surface area contributed by atoms with Gasteiger partial charge in [-0.2, -0.15) is 0 Å². The average molecular weight is 302 g/mol. The minimum atomic E-state index is -3.07. The van der Waals surface area contributed by atoms with Crippen LogP contribution < -0.4 is 5.32 Å². The van der Waals surface area contributed by atoms with Crippen molar-refractivity contribution in [1.82, 2.24) is 19.2 Å². The summed E-state index contributed by atoms with van der Waals surface area (Å²) >= 11 is 0. The molecule has 0 aliphatic carbocycles. The van der Waals surface area contributed by atoms with E-state index in [4.69, 9.17) is 0 Å². The lowest BCUT2D eigenvalue weighted by atomic mass is 10.3. The first kappa shape index (κ1) is 17.1. The number of rotatable bonds is 10. The minimum absolute atomic E-state index is 0.530. The molecule has 0 saturated heterocycles. The van der Waals surface area contributed by atoms with E-state index in [2.05, 4.69) is 21.8 Å². The summed E-state index contributed by atoms with van der Waals surface area (Å²) in [7, 11) is -3.07. The number of aromatic nitrogens is 2. The van der Waals surface area contributed by atoms with E-state index >= 15 is 0 Å². The molecule has 1 aromatic rings. The van der Waals surface area contributed by atoms with Crippen LogP contribution in [0, 0.1) is 0 Å². The van der Waals surface area contributed by atoms with Crippen molar-refractivity contribution in [3.8, 4) is 0 Å². The first-order chi connectivity index (χ1) is 9.49. The molecule has 0 bridgehead atoms. The molecule has 0 atom stereocenters. The zero-order chi connectivity index (χ0) is 15.0. The van der Waals surface area contributed by atoms with Crippen LogP contribution in [0.15, 0.2) is 12.5 Å². The maximum atomic E-state index is 11.4. The van der Waals surface area contributed by atoms with Gasteiger partial charge in [-0.05, 0) is 19.4 Å². The lowest BCUT2D eigenvalue weighted by Crippen LogP contribution is -2.32. The lowest BCUT2D eigenvalue weighted by Gasteiger charge is -2.17. The number of nitrogens with one attached hydrogen (secondary N) is 1. The van der Waals surface area contributed by atoms with E-state index in [1.165, 1.54) is 16.3 Å². The second-order valence-corrected chi connectivity index (χ2v) is 6.85. The van der Waals surface area contributed by atoms with Gasteiger partial charge >= 0.3 is 0 Å². The normalized spacial score (nSPS) is 12.2. The van der Waals surface area contributed by atoms with Gasteiger partial charge in [0, 0.05) is 32.4 Å². The second kappa shape index (κ2) is 8.39. The third-order valence-corrected chi connectivity index (χ3v) is 4.53. The molecule has 1 N–H and O–H groups in total. The molecule has 0 spiro atoms. The van der Waals surface area contributed by atoms with E-state index in [1.807, 2.05) is 19.4 Å². The molecule has 7 heteroatoms. The van der Waals surface area contributed by atoms with Crippen molar-refractivity contribution in [3.63, 3.8) is 0 Å². The maximum absolute atomic E-state index is 11.4. The summed E-state index contributed by atoms with van der Waals surface area (Å²) in [5, 5.41) is 3.34. The Morgan fingerprint density at radius 1 is 1.40 bits per heavy atom. The monoisotopic (exact) mass is 302 g/mol.